The summed E-state index contributed by atoms with van der Waals surface area (Å²) in [5.41, 5.74) is 0.354. The third kappa shape index (κ3) is 4.07. The number of aliphatic hydroxyl groups is 1. The molecule has 0 aromatic heterocycles. The Kier molecular flexibility index (Phi) is 5.57. The first-order valence-corrected chi connectivity index (χ1v) is 9.19. The van der Waals surface area contributed by atoms with E-state index >= 15 is 0 Å². The second-order valence-corrected chi connectivity index (χ2v) is 8.04. The van der Waals surface area contributed by atoms with Crippen LogP contribution in [0.3, 0.4) is 0 Å². The number of nitrogens with zero attached hydrogens (tertiary/aromatic N) is 2. The molecule has 5 nitrogen and oxygen atoms in total. The number of piperidine rings is 1. The van der Waals surface area contributed by atoms with E-state index in [0.717, 1.165) is 19.4 Å². The first kappa shape index (κ1) is 16.9. The van der Waals surface area contributed by atoms with E-state index in [4.69, 9.17) is 5.26 Å². The molecular formula is C16H22N2O3S. The highest BCUT2D eigenvalue weighted by atomic mass is 32.2. The molecule has 0 amide bonds. The lowest BCUT2D eigenvalue weighted by Gasteiger charge is -2.37. The minimum absolute atomic E-state index is 0.0321. The zero-order chi connectivity index (χ0) is 16.2. The number of nitriles is 1. The molecule has 1 N–H and O–H groups in total. The van der Waals surface area contributed by atoms with Crippen LogP contribution in [0.4, 0.5) is 0 Å². The lowest BCUT2D eigenvalue weighted by Crippen LogP contribution is -2.44. The number of benzene rings is 1. The van der Waals surface area contributed by atoms with Gasteiger partial charge in [-0.1, -0.05) is 6.07 Å². The number of hydrogen-bond donors (Lipinski definition) is 1. The molecule has 1 fully saturated rings. The second kappa shape index (κ2) is 7.23. The smallest absolute Gasteiger partial charge is 0.179 e. The van der Waals surface area contributed by atoms with E-state index in [1.165, 1.54) is 12.1 Å². The van der Waals surface area contributed by atoms with Crippen molar-refractivity contribution in [1.82, 2.24) is 4.90 Å². The van der Waals surface area contributed by atoms with E-state index in [2.05, 4.69) is 11.8 Å². The van der Waals surface area contributed by atoms with Gasteiger partial charge in [0.25, 0.3) is 0 Å². The average Bonchev–Trinajstić information content (AvgIpc) is 2.54. The Morgan fingerprint density at radius 3 is 2.86 bits per heavy atom. The van der Waals surface area contributed by atoms with Crippen molar-refractivity contribution < 1.29 is 13.5 Å². The molecule has 0 unspecified atom stereocenters. The van der Waals surface area contributed by atoms with E-state index in [-0.39, 0.29) is 23.2 Å². The number of aliphatic hydroxyl groups excluding tert-OH is 1. The van der Waals surface area contributed by atoms with E-state index < -0.39 is 9.84 Å². The van der Waals surface area contributed by atoms with Gasteiger partial charge in [-0.25, -0.2) is 8.42 Å². The quantitative estimate of drug-likeness (QED) is 0.887. The molecule has 120 valence electrons. The van der Waals surface area contributed by atoms with Gasteiger partial charge in [0.15, 0.2) is 9.84 Å². The van der Waals surface area contributed by atoms with Crippen LogP contribution in [-0.2, 0) is 9.84 Å². The van der Waals surface area contributed by atoms with Crippen molar-refractivity contribution >= 4 is 9.84 Å². The predicted molar refractivity (Wildman–Crippen MR) is 84.1 cm³/mol. The summed E-state index contributed by atoms with van der Waals surface area (Å²) in [6.45, 7) is 3.44. The van der Waals surface area contributed by atoms with Gasteiger partial charge in [0, 0.05) is 25.7 Å². The molecule has 1 aliphatic rings. The van der Waals surface area contributed by atoms with Gasteiger partial charge in [0.2, 0.25) is 0 Å². The minimum atomic E-state index is -3.40. The third-order valence-electron chi connectivity index (χ3n) is 4.34. The highest BCUT2D eigenvalue weighted by Crippen LogP contribution is 2.22. The molecule has 1 heterocycles. The van der Waals surface area contributed by atoms with Crippen LogP contribution in [0.5, 0.6) is 0 Å². The van der Waals surface area contributed by atoms with Crippen molar-refractivity contribution in [3.8, 4) is 6.07 Å². The number of sulfone groups is 1. The third-order valence-corrected chi connectivity index (χ3v) is 6.03. The zero-order valence-electron chi connectivity index (χ0n) is 12.8. The van der Waals surface area contributed by atoms with Crippen LogP contribution in [0.2, 0.25) is 0 Å². The normalized spacial score (nSPS) is 23.1. The summed E-state index contributed by atoms with van der Waals surface area (Å²) in [7, 11) is -3.40. The molecule has 1 saturated heterocycles. The fourth-order valence-electron chi connectivity index (χ4n) is 2.84. The number of hydrogen-bond acceptors (Lipinski definition) is 5. The van der Waals surface area contributed by atoms with Crippen molar-refractivity contribution in [3.63, 3.8) is 0 Å². The Morgan fingerprint density at radius 2 is 2.18 bits per heavy atom. The fourth-order valence-corrected chi connectivity index (χ4v) is 4.14. The largest absolute Gasteiger partial charge is 0.396 e. The Labute approximate surface area is 132 Å². The van der Waals surface area contributed by atoms with Crippen molar-refractivity contribution in [2.24, 2.45) is 5.92 Å². The molecule has 0 aliphatic carbocycles. The van der Waals surface area contributed by atoms with Gasteiger partial charge in [0.05, 0.1) is 22.3 Å². The Morgan fingerprint density at radius 1 is 1.41 bits per heavy atom. The fraction of sp³-hybridized carbons (Fsp3) is 0.562. The summed E-state index contributed by atoms with van der Waals surface area (Å²) < 4.78 is 24.8. The zero-order valence-corrected chi connectivity index (χ0v) is 13.6. The maximum atomic E-state index is 12.4. The Hall–Kier alpha value is -1.42. The topological polar surface area (TPSA) is 81.4 Å². The van der Waals surface area contributed by atoms with Crippen LogP contribution in [-0.4, -0.2) is 49.9 Å². The highest BCUT2D eigenvalue weighted by Gasteiger charge is 2.26. The molecular weight excluding hydrogens is 300 g/mol. The highest BCUT2D eigenvalue weighted by molar-refractivity contribution is 7.91. The van der Waals surface area contributed by atoms with E-state index in [1.54, 1.807) is 12.1 Å². The molecule has 1 aromatic rings. The first-order chi connectivity index (χ1) is 10.5. The van der Waals surface area contributed by atoms with Gasteiger partial charge < -0.3 is 5.11 Å². The van der Waals surface area contributed by atoms with Crippen LogP contribution >= 0.6 is 0 Å². The van der Waals surface area contributed by atoms with Gasteiger partial charge in [-0.2, -0.15) is 5.26 Å². The molecule has 0 radical (unpaired) electrons. The molecule has 2 rings (SSSR count). The van der Waals surface area contributed by atoms with Gasteiger partial charge in [-0.15, -0.1) is 0 Å². The average molecular weight is 322 g/mol. The Balaban J connectivity index is 2.04. The summed E-state index contributed by atoms with van der Waals surface area (Å²) in [6, 6.07) is 8.44. The van der Waals surface area contributed by atoms with E-state index in [9.17, 15) is 13.5 Å². The van der Waals surface area contributed by atoms with Crippen LogP contribution < -0.4 is 0 Å². The predicted octanol–water partition coefficient (Wildman–Crippen LogP) is 1.42. The summed E-state index contributed by atoms with van der Waals surface area (Å²) >= 11 is 0. The van der Waals surface area contributed by atoms with Crippen LogP contribution in [0, 0.1) is 17.2 Å². The van der Waals surface area contributed by atoms with Crippen molar-refractivity contribution in [2.45, 2.75) is 30.7 Å². The molecule has 0 saturated carbocycles. The van der Waals surface area contributed by atoms with Gasteiger partial charge >= 0.3 is 0 Å². The minimum Gasteiger partial charge on any atom is -0.396 e. The molecule has 2 atom stereocenters. The molecule has 1 aromatic carbocycles. The van der Waals surface area contributed by atoms with Crippen LogP contribution in [0.25, 0.3) is 0 Å². The molecule has 0 bridgehead atoms. The van der Waals surface area contributed by atoms with E-state index in [1.807, 2.05) is 6.07 Å². The molecule has 0 spiro atoms. The van der Waals surface area contributed by atoms with E-state index in [0.29, 0.717) is 18.2 Å². The Bertz CT molecular complexity index is 652. The standard InChI is InChI=1S/C16H22N2O3S/c1-13-5-6-15(12-19)11-18(13)7-8-22(20,21)16-4-2-3-14(9-16)10-17/h2-4,9,13,15,19H,5-8,11-12H2,1H3/t13-,15+/m0/s1. The maximum Gasteiger partial charge on any atom is 0.179 e. The number of likely N-dealkylation sites (tertiary alicyclic amines) is 1. The SMILES string of the molecule is C[C@H]1CC[C@@H](CO)CN1CCS(=O)(=O)c1cccc(C#N)c1. The molecule has 1 aliphatic heterocycles. The summed E-state index contributed by atoms with van der Waals surface area (Å²) in [5.74, 6) is 0.269. The van der Waals surface area contributed by atoms with Gasteiger partial charge in [0.1, 0.15) is 0 Å². The molecule has 22 heavy (non-hydrogen) atoms. The van der Waals surface area contributed by atoms with Crippen LogP contribution in [0.1, 0.15) is 25.3 Å². The lowest BCUT2D eigenvalue weighted by atomic mass is 9.94. The first-order valence-electron chi connectivity index (χ1n) is 7.54. The monoisotopic (exact) mass is 322 g/mol. The summed E-state index contributed by atoms with van der Waals surface area (Å²) in [4.78, 5) is 2.34. The summed E-state index contributed by atoms with van der Waals surface area (Å²) in [6.07, 6.45) is 1.97. The summed E-state index contributed by atoms with van der Waals surface area (Å²) in [5, 5.41) is 18.2. The molecule has 6 heteroatoms. The lowest BCUT2D eigenvalue weighted by molar-refractivity contribution is 0.0879. The second-order valence-electron chi connectivity index (χ2n) is 5.93. The van der Waals surface area contributed by atoms with Crippen molar-refractivity contribution in [3.05, 3.63) is 29.8 Å². The number of rotatable bonds is 5. The van der Waals surface area contributed by atoms with Gasteiger partial charge in [-0.3, -0.25) is 4.90 Å². The van der Waals surface area contributed by atoms with Gasteiger partial charge in [-0.05, 0) is 43.9 Å². The van der Waals surface area contributed by atoms with Crippen molar-refractivity contribution in [1.29, 1.82) is 5.26 Å². The van der Waals surface area contributed by atoms with Crippen molar-refractivity contribution in [2.75, 3.05) is 25.4 Å². The maximum absolute atomic E-state index is 12.4. The van der Waals surface area contributed by atoms with Crippen LogP contribution in [0.15, 0.2) is 29.2 Å².